The maximum atomic E-state index is 11.9. The second-order valence-corrected chi connectivity index (χ2v) is 6.67. The number of para-hydroxylation sites is 2. The fourth-order valence-corrected chi connectivity index (χ4v) is 3.42. The van der Waals surface area contributed by atoms with Gasteiger partial charge in [-0.2, -0.15) is 0 Å². The number of hydrogen-bond donors (Lipinski definition) is 1. The zero-order valence-electron chi connectivity index (χ0n) is 14.6. The van der Waals surface area contributed by atoms with Crippen LogP contribution in [0.2, 0.25) is 0 Å². The van der Waals surface area contributed by atoms with Gasteiger partial charge in [-0.3, -0.25) is 4.79 Å². The molecule has 1 aromatic carbocycles. The van der Waals surface area contributed by atoms with E-state index in [-0.39, 0.29) is 5.91 Å². The van der Waals surface area contributed by atoms with Crippen LogP contribution in [0.25, 0.3) is 11.0 Å². The van der Waals surface area contributed by atoms with E-state index in [1.54, 1.807) is 7.11 Å². The molecule has 0 spiro atoms. The van der Waals surface area contributed by atoms with Gasteiger partial charge >= 0.3 is 0 Å². The molecular formula is C18H27N3O2S. The molecule has 0 saturated carbocycles. The SMILES string of the molecule is CCCCCCn1c(SCC(=O)NCCOC)nc2ccccc21. The molecule has 0 aliphatic rings. The number of benzene rings is 1. The van der Waals surface area contributed by atoms with Gasteiger partial charge in [0.05, 0.1) is 23.4 Å². The molecule has 6 heteroatoms. The Bertz CT molecular complexity index is 642. The Morgan fingerprint density at radius 2 is 2.12 bits per heavy atom. The first-order valence-electron chi connectivity index (χ1n) is 8.60. The summed E-state index contributed by atoms with van der Waals surface area (Å²) in [5, 5.41) is 3.77. The number of imidazole rings is 1. The zero-order valence-corrected chi connectivity index (χ0v) is 15.4. The van der Waals surface area contributed by atoms with Gasteiger partial charge in [0, 0.05) is 20.2 Å². The Morgan fingerprint density at radius 1 is 1.29 bits per heavy atom. The molecule has 1 amide bonds. The predicted molar refractivity (Wildman–Crippen MR) is 99.5 cm³/mol. The van der Waals surface area contributed by atoms with E-state index in [1.807, 2.05) is 18.2 Å². The first-order valence-corrected chi connectivity index (χ1v) is 9.58. The Hall–Kier alpha value is -1.53. The van der Waals surface area contributed by atoms with E-state index in [9.17, 15) is 4.79 Å². The largest absolute Gasteiger partial charge is 0.383 e. The number of nitrogens with one attached hydrogen (secondary N) is 1. The molecule has 1 N–H and O–H groups in total. The van der Waals surface area contributed by atoms with Crippen molar-refractivity contribution in [3.63, 3.8) is 0 Å². The van der Waals surface area contributed by atoms with Crippen LogP contribution in [0.4, 0.5) is 0 Å². The van der Waals surface area contributed by atoms with E-state index < -0.39 is 0 Å². The number of carbonyl (C=O) groups is 1. The second-order valence-electron chi connectivity index (χ2n) is 5.73. The molecule has 132 valence electrons. The van der Waals surface area contributed by atoms with Gasteiger partial charge in [-0.05, 0) is 18.6 Å². The zero-order chi connectivity index (χ0) is 17.2. The first-order chi connectivity index (χ1) is 11.8. The van der Waals surface area contributed by atoms with Gasteiger partial charge < -0.3 is 14.6 Å². The second kappa shape index (κ2) is 10.4. The molecule has 2 rings (SSSR count). The molecule has 24 heavy (non-hydrogen) atoms. The lowest BCUT2D eigenvalue weighted by atomic mass is 10.2. The summed E-state index contributed by atoms with van der Waals surface area (Å²) in [5.74, 6) is 0.392. The van der Waals surface area contributed by atoms with Crippen molar-refractivity contribution in [1.29, 1.82) is 0 Å². The molecule has 0 radical (unpaired) electrons. The number of ether oxygens (including phenoxy) is 1. The van der Waals surface area contributed by atoms with E-state index in [0.29, 0.717) is 18.9 Å². The summed E-state index contributed by atoms with van der Waals surface area (Å²) < 4.78 is 7.19. The molecule has 0 fully saturated rings. The van der Waals surface area contributed by atoms with Gasteiger partial charge in [-0.15, -0.1) is 0 Å². The van der Waals surface area contributed by atoms with E-state index in [4.69, 9.17) is 9.72 Å². The van der Waals surface area contributed by atoms with E-state index in [1.165, 1.54) is 31.0 Å². The average molecular weight is 350 g/mol. The molecule has 1 heterocycles. The number of aryl methyl sites for hydroxylation is 1. The van der Waals surface area contributed by atoms with Gasteiger partial charge in [0.15, 0.2) is 5.16 Å². The molecule has 5 nitrogen and oxygen atoms in total. The summed E-state index contributed by atoms with van der Waals surface area (Å²) in [6.45, 7) is 4.25. The smallest absolute Gasteiger partial charge is 0.230 e. The summed E-state index contributed by atoms with van der Waals surface area (Å²) in [5.41, 5.74) is 2.14. The van der Waals surface area contributed by atoms with Crippen molar-refractivity contribution in [3.05, 3.63) is 24.3 Å². The third-order valence-electron chi connectivity index (χ3n) is 3.82. The Kier molecular flexibility index (Phi) is 8.12. The third-order valence-corrected chi connectivity index (χ3v) is 4.79. The van der Waals surface area contributed by atoms with Crippen LogP contribution in [0.3, 0.4) is 0 Å². The third kappa shape index (κ3) is 5.53. The minimum Gasteiger partial charge on any atom is -0.383 e. The number of aromatic nitrogens is 2. The maximum absolute atomic E-state index is 11.9. The fourth-order valence-electron chi connectivity index (χ4n) is 2.55. The van der Waals surface area contributed by atoms with Crippen molar-refractivity contribution in [3.8, 4) is 0 Å². The van der Waals surface area contributed by atoms with Gasteiger partial charge in [-0.1, -0.05) is 50.1 Å². The number of fused-ring (bicyclic) bond motifs is 1. The highest BCUT2D eigenvalue weighted by molar-refractivity contribution is 7.99. The number of carbonyl (C=O) groups excluding carboxylic acids is 1. The molecular weight excluding hydrogens is 322 g/mol. The van der Waals surface area contributed by atoms with E-state index in [2.05, 4.69) is 22.9 Å². The molecule has 0 aliphatic carbocycles. The van der Waals surface area contributed by atoms with Crippen LogP contribution < -0.4 is 5.32 Å². The first kappa shape index (κ1) is 18.8. The van der Waals surface area contributed by atoms with Crippen LogP contribution >= 0.6 is 11.8 Å². The highest BCUT2D eigenvalue weighted by Crippen LogP contribution is 2.24. The number of hydrogen-bond acceptors (Lipinski definition) is 4. The topological polar surface area (TPSA) is 56.2 Å². The number of unbranched alkanes of at least 4 members (excludes halogenated alkanes) is 3. The van der Waals surface area contributed by atoms with E-state index >= 15 is 0 Å². The van der Waals surface area contributed by atoms with Gasteiger partial charge in [0.1, 0.15) is 0 Å². The van der Waals surface area contributed by atoms with E-state index in [0.717, 1.165) is 29.2 Å². The van der Waals surface area contributed by atoms with Crippen molar-refractivity contribution in [2.24, 2.45) is 0 Å². The summed E-state index contributed by atoms with van der Waals surface area (Å²) in [4.78, 5) is 16.6. The number of methoxy groups -OCH3 is 1. The number of rotatable bonds is 11. The lowest BCUT2D eigenvalue weighted by molar-refractivity contribution is -0.118. The molecule has 0 aliphatic heterocycles. The van der Waals surface area contributed by atoms with Gasteiger partial charge in [-0.25, -0.2) is 4.98 Å². The van der Waals surface area contributed by atoms with Gasteiger partial charge in [0.2, 0.25) is 5.91 Å². The minimum atomic E-state index is 0.0154. The summed E-state index contributed by atoms with van der Waals surface area (Å²) in [6, 6.07) is 8.17. The van der Waals surface area contributed by atoms with Crippen molar-refractivity contribution in [2.45, 2.75) is 44.3 Å². The highest BCUT2D eigenvalue weighted by atomic mass is 32.2. The highest BCUT2D eigenvalue weighted by Gasteiger charge is 2.12. The summed E-state index contributed by atoms with van der Waals surface area (Å²) in [6.07, 6.45) is 4.86. The Morgan fingerprint density at radius 3 is 2.92 bits per heavy atom. The predicted octanol–water partition coefficient (Wildman–Crippen LogP) is 3.47. The number of amides is 1. The number of thioether (sulfide) groups is 1. The lowest BCUT2D eigenvalue weighted by Gasteiger charge is -2.09. The standard InChI is InChI=1S/C18H27N3O2S/c1-3-4-5-8-12-21-16-10-7-6-9-15(16)20-18(21)24-14-17(22)19-11-13-23-2/h6-7,9-10H,3-5,8,11-14H2,1-2H3,(H,19,22). The molecule has 0 saturated heterocycles. The molecule has 0 unspecified atom stereocenters. The maximum Gasteiger partial charge on any atom is 0.230 e. The van der Waals surface area contributed by atoms with Crippen molar-refractivity contribution >= 4 is 28.7 Å². The normalized spacial score (nSPS) is 11.1. The molecule has 0 bridgehead atoms. The Balaban J connectivity index is 2.00. The monoisotopic (exact) mass is 349 g/mol. The van der Waals surface area contributed by atoms with Crippen LogP contribution in [0.15, 0.2) is 29.4 Å². The Labute approximate surface area is 148 Å². The molecule has 1 aromatic heterocycles. The van der Waals surface area contributed by atoms with Crippen LogP contribution in [-0.2, 0) is 16.1 Å². The van der Waals surface area contributed by atoms with Gasteiger partial charge in [0.25, 0.3) is 0 Å². The van der Waals surface area contributed by atoms with Crippen LogP contribution in [0.5, 0.6) is 0 Å². The quantitative estimate of drug-likeness (QED) is 0.498. The lowest BCUT2D eigenvalue weighted by Crippen LogP contribution is -2.28. The average Bonchev–Trinajstić information content (AvgIpc) is 2.95. The number of nitrogens with zero attached hydrogens (tertiary/aromatic N) is 2. The fraction of sp³-hybridized carbons (Fsp3) is 0.556. The molecule has 0 atom stereocenters. The van der Waals surface area contributed by atoms with Crippen LogP contribution in [-0.4, -0.2) is 41.5 Å². The van der Waals surface area contributed by atoms with Crippen molar-refractivity contribution in [1.82, 2.24) is 14.9 Å². The summed E-state index contributed by atoms with van der Waals surface area (Å²) in [7, 11) is 1.63. The minimum absolute atomic E-state index is 0.0154. The van der Waals surface area contributed by atoms with Crippen LogP contribution in [0, 0.1) is 0 Å². The van der Waals surface area contributed by atoms with Crippen molar-refractivity contribution < 1.29 is 9.53 Å². The molecule has 2 aromatic rings. The van der Waals surface area contributed by atoms with Crippen LogP contribution in [0.1, 0.15) is 32.6 Å². The summed E-state index contributed by atoms with van der Waals surface area (Å²) >= 11 is 1.50. The van der Waals surface area contributed by atoms with Crippen molar-refractivity contribution in [2.75, 3.05) is 26.0 Å².